The molecule has 33 heavy (non-hydrogen) atoms. The molecule has 0 aromatic carbocycles. The number of carbonyl (C=O) groups excluding carboxylic acids is 1. The normalized spacial score (nSPS) is 23.9. The third-order valence-corrected chi connectivity index (χ3v) is 7.98. The van der Waals surface area contributed by atoms with Crippen molar-refractivity contribution in [2.24, 2.45) is 5.92 Å². The minimum absolute atomic E-state index is 0.0140. The zero-order chi connectivity index (χ0) is 22.5. The van der Waals surface area contributed by atoms with Gasteiger partial charge < -0.3 is 5.32 Å². The van der Waals surface area contributed by atoms with E-state index in [4.69, 9.17) is 0 Å². The third-order valence-electron chi connectivity index (χ3n) is 7.24. The fourth-order valence-electron chi connectivity index (χ4n) is 5.44. The lowest BCUT2D eigenvalue weighted by atomic mass is 9.83. The molecule has 3 aromatic heterocycles. The van der Waals surface area contributed by atoms with E-state index in [-0.39, 0.29) is 11.9 Å². The molecule has 1 amide bonds. The molecule has 0 bridgehead atoms. The van der Waals surface area contributed by atoms with Crippen LogP contribution in [0.3, 0.4) is 0 Å². The summed E-state index contributed by atoms with van der Waals surface area (Å²) in [5.74, 6) is 1.22. The average molecular weight is 464 g/mol. The highest BCUT2D eigenvalue weighted by Gasteiger charge is 2.31. The van der Waals surface area contributed by atoms with Crippen LogP contribution >= 0.6 is 11.3 Å². The Morgan fingerprint density at radius 3 is 2.82 bits per heavy atom. The molecule has 0 radical (unpaired) electrons. The predicted molar refractivity (Wildman–Crippen MR) is 132 cm³/mol. The average Bonchev–Trinajstić information content (AvgIpc) is 3.56. The number of aromatic nitrogens is 3. The van der Waals surface area contributed by atoms with Gasteiger partial charge in [-0.25, -0.2) is 9.67 Å². The molecule has 6 nitrogen and oxygen atoms in total. The summed E-state index contributed by atoms with van der Waals surface area (Å²) in [5.41, 5.74) is 2.08. The molecule has 5 rings (SSSR count). The Hall–Kier alpha value is -2.51. The second-order valence-electron chi connectivity index (χ2n) is 9.46. The molecule has 3 atom stereocenters. The van der Waals surface area contributed by atoms with Crippen molar-refractivity contribution < 1.29 is 4.79 Å². The van der Waals surface area contributed by atoms with Crippen molar-refractivity contribution in [1.29, 1.82) is 0 Å². The van der Waals surface area contributed by atoms with E-state index >= 15 is 0 Å². The smallest absolute Gasteiger partial charge is 0.253 e. The van der Waals surface area contributed by atoms with Crippen LogP contribution < -0.4 is 5.32 Å². The summed E-state index contributed by atoms with van der Waals surface area (Å²) < 4.78 is 1.70. The van der Waals surface area contributed by atoms with Gasteiger partial charge in [-0.2, -0.15) is 16.4 Å². The van der Waals surface area contributed by atoms with Crippen molar-refractivity contribution in [1.82, 2.24) is 25.0 Å². The van der Waals surface area contributed by atoms with Gasteiger partial charge in [0.2, 0.25) is 0 Å². The van der Waals surface area contributed by atoms with E-state index in [9.17, 15) is 4.79 Å². The van der Waals surface area contributed by atoms with Crippen LogP contribution in [-0.2, 0) is 6.42 Å². The number of nitrogens with one attached hydrogen (secondary N) is 1. The maximum Gasteiger partial charge on any atom is 0.253 e. The van der Waals surface area contributed by atoms with E-state index < -0.39 is 0 Å². The summed E-state index contributed by atoms with van der Waals surface area (Å²) in [6.07, 6.45) is 15.0. The molecule has 3 aromatic rings. The molecule has 1 aliphatic heterocycles. The van der Waals surface area contributed by atoms with E-state index in [0.717, 1.165) is 19.4 Å². The van der Waals surface area contributed by atoms with Gasteiger partial charge in [0.05, 0.1) is 5.56 Å². The van der Waals surface area contributed by atoms with E-state index in [2.05, 4.69) is 37.1 Å². The zero-order valence-electron chi connectivity index (χ0n) is 19.1. The number of likely N-dealkylation sites (tertiary alicyclic amines) is 1. The topological polar surface area (TPSA) is 63.1 Å². The molecule has 174 valence electrons. The lowest BCUT2D eigenvalue weighted by Crippen LogP contribution is -2.50. The van der Waals surface area contributed by atoms with Crippen molar-refractivity contribution in [2.75, 3.05) is 13.1 Å². The first-order valence-corrected chi connectivity index (χ1v) is 13.2. The van der Waals surface area contributed by atoms with Gasteiger partial charge in [0.15, 0.2) is 5.82 Å². The van der Waals surface area contributed by atoms with Crippen molar-refractivity contribution in [3.63, 3.8) is 0 Å². The molecule has 7 heteroatoms. The molecule has 1 saturated carbocycles. The fraction of sp³-hybridized carbons (Fsp3) is 0.500. The highest BCUT2D eigenvalue weighted by molar-refractivity contribution is 7.07. The maximum atomic E-state index is 13.0. The Balaban J connectivity index is 1.22. The lowest BCUT2D eigenvalue weighted by Gasteiger charge is -2.41. The standard InChI is InChI=1S/C26H33N5OS/c32-26(21-9-10-25(27-17-21)31-14-5-12-28-31)29-24-8-2-1-6-22(24)18-30-13-4-3-7-23(30)16-20-11-15-33-19-20/h5,9-12,14-15,17,19,22-24H,1-4,6-8,13,16,18H2,(H,29,32)/t22-,23?,24+/m0/s1. The Kier molecular flexibility index (Phi) is 7.17. The van der Waals surface area contributed by atoms with Crippen LogP contribution in [0.2, 0.25) is 0 Å². The summed E-state index contributed by atoms with van der Waals surface area (Å²) >= 11 is 1.79. The van der Waals surface area contributed by atoms with Gasteiger partial charge in [-0.05, 0) is 85.2 Å². The SMILES string of the molecule is O=C(N[C@@H]1CCCC[C@H]1CN1CCCCC1Cc1ccsc1)c1ccc(-n2cccn2)nc1. The van der Waals surface area contributed by atoms with Crippen LogP contribution in [0.1, 0.15) is 60.9 Å². The number of nitrogens with zero attached hydrogens (tertiary/aromatic N) is 4. The molecule has 4 heterocycles. The Morgan fingerprint density at radius 2 is 2.03 bits per heavy atom. The van der Waals surface area contributed by atoms with E-state index in [0.29, 0.717) is 23.3 Å². The first-order chi connectivity index (χ1) is 16.3. The molecular weight excluding hydrogens is 430 g/mol. The van der Waals surface area contributed by atoms with Crippen molar-refractivity contribution in [3.05, 3.63) is 64.7 Å². The van der Waals surface area contributed by atoms with Crippen molar-refractivity contribution in [2.45, 2.75) is 63.5 Å². The molecule has 2 fully saturated rings. The van der Waals surface area contributed by atoms with Gasteiger partial charge in [0.25, 0.3) is 5.91 Å². The Morgan fingerprint density at radius 1 is 1.12 bits per heavy atom. The quantitative estimate of drug-likeness (QED) is 0.551. The Labute approximate surface area is 200 Å². The number of thiophene rings is 1. The fourth-order valence-corrected chi connectivity index (χ4v) is 6.12. The van der Waals surface area contributed by atoms with E-state index in [1.165, 1.54) is 50.6 Å². The van der Waals surface area contributed by atoms with Crippen LogP contribution in [0, 0.1) is 5.92 Å². The monoisotopic (exact) mass is 463 g/mol. The van der Waals surface area contributed by atoms with Gasteiger partial charge in [0, 0.05) is 37.2 Å². The molecular formula is C26H33N5OS. The van der Waals surface area contributed by atoms with Gasteiger partial charge in [-0.1, -0.05) is 19.3 Å². The molecule has 1 saturated heterocycles. The van der Waals surface area contributed by atoms with Gasteiger partial charge >= 0.3 is 0 Å². The van der Waals surface area contributed by atoms with Crippen LogP contribution in [0.4, 0.5) is 0 Å². The number of carbonyl (C=O) groups is 1. The highest BCUT2D eigenvalue weighted by atomic mass is 32.1. The molecule has 0 spiro atoms. The van der Waals surface area contributed by atoms with Gasteiger partial charge in [-0.15, -0.1) is 0 Å². The van der Waals surface area contributed by atoms with Crippen LogP contribution in [-0.4, -0.2) is 50.7 Å². The van der Waals surface area contributed by atoms with Crippen LogP contribution in [0.5, 0.6) is 0 Å². The maximum absolute atomic E-state index is 13.0. The largest absolute Gasteiger partial charge is 0.349 e. The number of rotatable bonds is 7. The number of hydrogen-bond acceptors (Lipinski definition) is 5. The number of amides is 1. The third kappa shape index (κ3) is 5.53. The van der Waals surface area contributed by atoms with E-state index in [1.54, 1.807) is 28.4 Å². The van der Waals surface area contributed by atoms with E-state index in [1.807, 2.05) is 24.4 Å². The minimum atomic E-state index is -0.0140. The van der Waals surface area contributed by atoms with Crippen molar-refractivity contribution >= 4 is 17.2 Å². The van der Waals surface area contributed by atoms with Gasteiger partial charge in [0.1, 0.15) is 0 Å². The zero-order valence-corrected chi connectivity index (χ0v) is 19.9. The van der Waals surface area contributed by atoms with Crippen LogP contribution in [0.25, 0.3) is 5.82 Å². The van der Waals surface area contributed by atoms with Crippen LogP contribution in [0.15, 0.2) is 53.6 Å². The molecule has 1 aliphatic carbocycles. The Bertz CT molecular complexity index is 1000. The summed E-state index contributed by atoms with van der Waals surface area (Å²) in [7, 11) is 0. The summed E-state index contributed by atoms with van der Waals surface area (Å²) in [5, 5.41) is 12.0. The summed E-state index contributed by atoms with van der Waals surface area (Å²) in [6.45, 7) is 2.28. The minimum Gasteiger partial charge on any atom is -0.349 e. The van der Waals surface area contributed by atoms with Crippen molar-refractivity contribution in [3.8, 4) is 5.82 Å². The number of piperidine rings is 1. The highest BCUT2D eigenvalue weighted by Crippen LogP contribution is 2.29. The molecule has 1 unspecified atom stereocenters. The molecule has 1 N–H and O–H groups in total. The summed E-state index contributed by atoms with van der Waals surface area (Å²) in [6, 6.07) is 8.69. The lowest BCUT2D eigenvalue weighted by molar-refractivity contribution is 0.0811. The second kappa shape index (κ2) is 10.6. The first kappa shape index (κ1) is 22.3. The van der Waals surface area contributed by atoms with Gasteiger partial charge in [-0.3, -0.25) is 9.69 Å². The first-order valence-electron chi connectivity index (χ1n) is 12.3. The summed E-state index contributed by atoms with van der Waals surface area (Å²) in [4.78, 5) is 20.2. The number of hydrogen-bond donors (Lipinski definition) is 1. The second-order valence-corrected chi connectivity index (χ2v) is 10.2. The number of pyridine rings is 1. The molecule has 2 aliphatic rings. The predicted octanol–water partition coefficient (Wildman–Crippen LogP) is 4.71.